The summed E-state index contributed by atoms with van der Waals surface area (Å²) in [5.41, 5.74) is 0.0555. The van der Waals surface area contributed by atoms with Crippen LogP contribution in [0.3, 0.4) is 0 Å². The van der Waals surface area contributed by atoms with Crippen molar-refractivity contribution in [2.75, 3.05) is 54.3 Å². The molecule has 3 aromatic carbocycles. The number of carbonyl (C=O) groups excluding carboxylic acids is 3. The number of nitrogens with one attached hydrogen (secondary N) is 6. The number of aromatic nitrogens is 12. The van der Waals surface area contributed by atoms with Crippen LogP contribution in [0, 0.1) is 17.5 Å². The molecule has 6 N–H and O–H groups in total. The molecule has 0 aliphatic heterocycles. The van der Waals surface area contributed by atoms with E-state index in [9.17, 15) is 39.6 Å². The quantitative estimate of drug-likeness (QED) is 0.0260. The third kappa shape index (κ3) is 26.2. The molecule has 110 heavy (non-hydrogen) atoms. The van der Waals surface area contributed by atoms with Gasteiger partial charge >= 0.3 is 18.3 Å². The van der Waals surface area contributed by atoms with Crippen LogP contribution in [0.2, 0.25) is 15.1 Å². The Morgan fingerprint density at radius 3 is 0.982 bits per heavy atom. The third-order valence-corrected chi connectivity index (χ3v) is 17.0. The maximum Gasteiger partial charge on any atom is 0.407 e. The number of anilines is 3. The number of aryl methyl sites for hydroxylation is 3. The minimum absolute atomic E-state index is 0. The first kappa shape index (κ1) is 75.7. The van der Waals surface area contributed by atoms with Crippen molar-refractivity contribution in [3.63, 3.8) is 0 Å². The van der Waals surface area contributed by atoms with Crippen LogP contribution in [-0.2, 0) is 63.5 Å². The fourth-order valence-corrected chi connectivity index (χ4v) is 11.9. The van der Waals surface area contributed by atoms with Gasteiger partial charge in [-0.1, -0.05) is 49.7 Å². The summed E-state index contributed by atoms with van der Waals surface area (Å²) in [7, 11) is -8.00. The zero-order chi connectivity index (χ0) is 88.7. The Bertz CT molecular complexity index is 5350. The zero-order valence-electron chi connectivity index (χ0n) is 70.4. The molecule has 3 amide bonds. The smallest absolute Gasteiger partial charge is 0.407 e. The van der Waals surface area contributed by atoms with Gasteiger partial charge in [0.15, 0.2) is 17.5 Å². The second kappa shape index (κ2) is 39.7. The number of amides is 3. The van der Waals surface area contributed by atoms with Crippen molar-refractivity contribution < 1.29 is 80.7 Å². The van der Waals surface area contributed by atoms with Crippen molar-refractivity contribution in [3.8, 4) is 67.5 Å². The fraction of sp³-hybridized carbons (Fsp3) is 0.408. The molecule has 0 aliphatic rings. The van der Waals surface area contributed by atoms with Gasteiger partial charge in [0.2, 0.25) is 30.1 Å². The van der Waals surface area contributed by atoms with E-state index < -0.39 is 122 Å². The van der Waals surface area contributed by atoms with Crippen LogP contribution in [-0.4, -0.2) is 161 Å². The molecule has 39 heteroatoms. The number of rotatable bonds is 27. The number of methoxy groups -OCH3 is 3. The topological polar surface area (TPSA) is 384 Å². The monoisotopic (exact) mass is 1660 g/mol. The summed E-state index contributed by atoms with van der Waals surface area (Å²) < 4.78 is 223. The van der Waals surface area contributed by atoms with E-state index in [2.05, 4.69) is 84.8 Å². The molecule has 30 nitrogen and oxygen atoms in total. The minimum Gasteiger partial charge on any atom is -0.453 e. The average molecular weight is 1660 g/mol. The largest absolute Gasteiger partial charge is 0.453 e. The lowest BCUT2D eigenvalue weighted by atomic mass is 10.0. The van der Waals surface area contributed by atoms with Gasteiger partial charge in [0.05, 0.1) is 75.6 Å². The first-order valence-corrected chi connectivity index (χ1v) is 38.9. The molecule has 598 valence electrons. The highest BCUT2D eigenvalue weighted by molar-refractivity contribution is 7.92. The van der Waals surface area contributed by atoms with E-state index in [1.165, 1.54) is 78.0 Å². The normalized spacial score (nSPS) is 14.6. The van der Waals surface area contributed by atoms with Crippen LogP contribution in [0.4, 0.5) is 44.6 Å². The van der Waals surface area contributed by atoms with Gasteiger partial charge in [-0.15, -0.1) is 0 Å². The molecular weight excluding hydrogens is 1560 g/mol. The number of benzene rings is 3. The molecule has 0 radical (unpaired) electrons. The standard InChI is InChI=1S/3C23H28ClFN6O4S.2CH4/c3*1-13(2)31-12-17(18-8-9-26-20(28-18)7-6-14(3)27-23(32)35-4)22(29-31)16-10-15(24)11-19(21(16)25)30-36(5,33)34;;/h3*8-14,30H,6-7H2,1-5H3,(H,27,32);2*1H4/t3*14-;;/m111../s1/i1D3,6D2,13D;2*6D2;;/t13?,14-;2m;;. The Balaban J connectivity index is 0.000000318. The third-order valence-electron chi connectivity index (χ3n) is 14.5. The van der Waals surface area contributed by atoms with E-state index in [1.807, 2.05) is 32.4 Å². The molecule has 0 saturated heterocycles. The molecule has 6 heterocycles. The molecule has 0 bridgehead atoms. The van der Waals surface area contributed by atoms with E-state index >= 15 is 13.2 Å². The number of hydrogen-bond acceptors (Lipinski definition) is 21. The first-order valence-electron chi connectivity index (χ1n) is 37.1. The lowest BCUT2D eigenvalue weighted by Crippen LogP contribution is -2.32. The van der Waals surface area contributed by atoms with Gasteiger partial charge in [-0.05, 0) is 136 Å². The number of carbonyl (C=O) groups is 3. The number of hydrogen-bond donors (Lipinski definition) is 6. The van der Waals surface area contributed by atoms with Gasteiger partial charge in [-0.25, -0.2) is 82.7 Å². The van der Waals surface area contributed by atoms with Crippen molar-refractivity contribution >= 4 is 100 Å². The Morgan fingerprint density at radius 1 is 0.473 bits per heavy atom. The fourth-order valence-electron chi connectivity index (χ4n) is 9.62. The summed E-state index contributed by atoms with van der Waals surface area (Å²) in [6.45, 7) is 10.1. The summed E-state index contributed by atoms with van der Waals surface area (Å²) >= 11 is 18.6. The van der Waals surface area contributed by atoms with E-state index in [-0.39, 0.29) is 135 Å². The number of alkyl carbamates (subject to hydrolysis) is 3. The Morgan fingerprint density at radius 2 is 0.736 bits per heavy atom. The molecule has 4 atom stereocenters. The predicted octanol–water partition coefficient (Wildman–Crippen LogP) is 14.6. The van der Waals surface area contributed by atoms with Crippen LogP contribution >= 0.6 is 34.8 Å². The van der Waals surface area contributed by atoms with Crippen LogP contribution in [0.25, 0.3) is 67.5 Å². The summed E-state index contributed by atoms with van der Waals surface area (Å²) in [6, 6.07) is 6.32. The van der Waals surface area contributed by atoms with E-state index in [4.69, 9.17) is 48.5 Å². The van der Waals surface area contributed by atoms with Gasteiger partial charge in [0.25, 0.3) is 0 Å². The van der Waals surface area contributed by atoms with Crippen LogP contribution < -0.4 is 30.1 Å². The van der Waals surface area contributed by atoms with Gasteiger partial charge < -0.3 is 30.2 Å². The summed E-state index contributed by atoms with van der Waals surface area (Å²) in [6.07, 6.45) is 2.13. The van der Waals surface area contributed by atoms with Crippen molar-refractivity contribution in [2.24, 2.45) is 0 Å². The number of nitrogens with zero attached hydrogens (tertiary/aromatic N) is 12. The molecule has 0 aliphatic carbocycles. The summed E-state index contributed by atoms with van der Waals surface area (Å²) in [5.74, 6) is -2.57. The highest BCUT2D eigenvalue weighted by Crippen LogP contribution is 2.41. The van der Waals surface area contributed by atoms with Crippen molar-refractivity contribution in [3.05, 3.63) is 142 Å². The summed E-state index contributed by atoms with van der Waals surface area (Å²) in [5, 5.41) is 20.5. The summed E-state index contributed by atoms with van der Waals surface area (Å²) in [4.78, 5) is 60.4. The molecule has 0 spiro atoms. The number of sulfonamides is 3. The van der Waals surface area contributed by atoms with Crippen LogP contribution in [0.15, 0.2) is 91.8 Å². The lowest BCUT2D eigenvalue weighted by molar-refractivity contribution is 0.166. The highest BCUT2D eigenvalue weighted by Gasteiger charge is 2.28. The second-order valence-electron chi connectivity index (χ2n) is 24.2. The van der Waals surface area contributed by atoms with Crippen molar-refractivity contribution in [2.45, 2.75) is 152 Å². The Hall–Kier alpha value is -9.75. The predicted molar refractivity (Wildman–Crippen MR) is 421 cm³/mol. The van der Waals surface area contributed by atoms with Crippen molar-refractivity contribution in [1.82, 2.24) is 75.2 Å². The second-order valence-corrected chi connectivity index (χ2v) is 30.8. The molecular formula is C71H92Cl3F3N18O12S3. The molecule has 0 saturated carbocycles. The molecule has 1 unspecified atom stereocenters. The van der Waals surface area contributed by atoms with Gasteiger partial charge in [0, 0.05) is 153 Å². The maximum absolute atomic E-state index is 15.7. The van der Waals surface area contributed by atoms with Gasteiger partial charge in [-0.3, -0.25) is 28.2 Å². The number of ether oxygens (including phenoxy) is 3. The highest BCUT2D eigenvalue weighted by atomic mass is 35.5. The maximum atomic E-state index is 15.7. The minimum atomic E-state index is -3.92. The van der Waals surface area contributed by atoms with E-state index in [0.717, 1.165) is 61.7 Å². The average Bonchev–Trinajstić information content (AvgIpc) is 1.62. The Kier molecular flexibility index (Phi) is 27.3. The number of halogens is 6. The van der Waals surface area contributed by atoms with Crippen molar-refractivity contribution in [1.29, 1.82) is 0 Å². The van der Waals surface area contributed by atoms with E-state index in [0.29, 0.717) is 22.5 Å². The molecule has 9 aromatic rings. The molecule has 6 aromatic heterocycles. The SMILES string of the molecule is C.C.[2H]C([2H])(Cc1nccc(-c2cn(C(C)C)nc2-c2cc(Cl)cc(NS(C)(=O)=O)c2F)n1)[C@@H](C)NC(=O)OC.[2H]C([2H])(Cc1nccc(-c2cn(C(C)C)nc2-c2cc(Cl)cc(NS(C)(=O)=O)c2F)n1)[C@@H](C)NC(=O)OC.[2H]C([2H])(Cc1nccc(-c2cn(C([2H])(C)C([2H])([2H])[2H])nc2-c2cc(Cl)cc(NS(C)(=O)=O)c2F)n1)[C@@H](C)NC(=O)OC. The first-order chi connectivity index (χ1) is 54.4. The van der Waals surface area contributed by atoms with Crippen LogP contribution in [0.5, 0.6) is 0 Å². The lowest BCUT2D eigenvalue weighted by Gasteiger charge is -2.12. The van der Waals surface area contributed by atoms with Crippen LogP contribution in [0.1, 0.15) is 145 Å². The van der Waals surface area contributed by atoms with Gasteiger partial charge in [-0.2, -0.15) is 15.3 Å². The molecule has 0 fully saturated rings. The molecule has 9 rings (SSSR count). The van der Waals surface area contributed by atoms with E-state index in [1.54, 1.807) is 33.9 Å². The Labute approximate surface area is 668 Å². The van der Waals surface area contributed by atoms with Gasteiger partial charge in [0.1, 0.15) is 34.6 Å². The zero-order valence-corrected chi connectivity index (χ0v) is 65.1.